The molecular weight excluding hydrogens is 440 g/mol. The Bertz CT molecular complexity index is 1300. The van der Waals surface area contributed by atoms with Gasteiger partial charge in [-0.1, -0.05) is 42.5 Å². The van der Waals surface area contributed by atoms with E-state index in [0.29, 0.717) is 17.7 Å². The van der Waals surface area contributed by atoms with Gasteiger partial charge in [-0.15, -0.1) is 11.3 Å². The van der Waals surface area contributed by atoms with Gasteiger partial charge in [-0.2, -0.15) is 0 Å². The molecule has 0 atom stereocenters. The molecule has 0 bridgehead atoms. The van der Waals surface area contributed by atoms with Crippen LogP contribution >= 0.6 is 11.3 Å². The van der Waals surface area contributed by atoms with Crippen molar-refractivity contribution in [3.05, 3.63) is 94.5 Å². The van der Waals surface area contributed by atoms with E-state index in [4.69, 9.17) is 9.47 Å². The topological polar surface area (TPSA) is 94.6 Å². The number of benzene rings is 3. The number of rotatable bonds is 7. The summed E-state index contributed by atoms with van der Waals surface area (Å²) in [7, 11) is 1.43. The zero-order chi connectivity index (χ0) is 23.2. The molecule has 0 aliphatic heterocycles. The monoisotopic (exact) mass is 460 g/mol. The van der Waals surface area contributed by atoms with E-state index in [1.165, 1.54) is 13.2 Å². The predicted octanol–water partition coefficient (Wildman–Crippen LogP) is 4.01. The van der Waals surface area contributed by atoms with E-state index >= 15 is 0 Å². The van der Waals surface area contributed by atoms with Gasteiger partial charge >= 0.3 is 5.97 Å². The van der Waals surface area contributed by atoms with E-state index in [9.17, 15) is 14.4 Å². The second kappa shape index (κ2) is 10.1. The van der Waals surface area contributed by atoms with E-state index in [1.54, 1.807) is 41.7 Å². The Morgan fingerprint density at radius 2 is 1.61 bits per heavy atom. The van der Waals surface area contributed by atoms with Crippen LogP contribution < -0.4 is 10.1 Å². The second-order valence-electron chi connectivity index (χ2n) is 7.06. The van der Waals surface area contributed by atoms with Crippen molar-refractivity contribution >= 4 is 39.3 Å². The Balaban J connectivity index is 1.39. The van der Waals surface area contributed by atoms with Crippen LogP contribution in [0.4, 0.5) is 0 Å². The van der Waals surface area contributed by atoms with E-state index in [2.05, 4.69) is 10.3 Å². The largest absolute Gasteiger partial charge is 0.496 e. The summed E-state index contributed by atoms with van der Waals surface area (Å²) in [5.74, 6) is -1.68. The number of esters is 1. The van der Waals surface area contributed by atoms with E-state index < -0.39 is 24.4 Å². The Hall–Kier alpha value is -4.04. The first-order valence-corrected chi connectivity index (χ1v) is 10.9. The lowest BCUT2D eigenvalue weighted by Crippen LogP contribution is -2.34. The highest BCUT2D eigenvalue weighted by Gasteiger charge is 2.18. The quantitative estimate of drug-likeness (QED) is 0.419. The summed E-state index contributed by atoms with van der Waals surface area (Å²) >= 11 is 1.56. The number of para-hydroxylation sites is 2. The van der Waals surface area contributed by atoms with E-state index in [-0.39, 0.29) is 5.56 Å². The van der Waals surface area contributed by atoms with Gasteiger partial charge in [0.1, 0.15) is 5.75 Å². The lowest BCUT2D eigenvalue weighted by atomic mass is 10.1. The molecule has 0 aliphatic rings. The van der Waals surface area contributed by atoms with Crippen molar-refractivity contribution < 1.29 is 23.9 Å². The molecule has 8 heteroatoms. The zero-order valence-electron chi connectivity index (χ0n) is 17.7. The lowest BCUT2D eigenvalue weighted by Gasteiger charge is -2.10. The second-order valence-corrected chi connectivity index (χ2v) is 8.18. The van der Waals surface area contributed by atoms with E-state index in [0.717, 1.165) is 20.8 Å². The van der Waals surface area contributed by atoms with Crippen molar-refractivity contribution in [1.29, 1.82) is 0 Å². The number of ether oxygens (including phenoxy) is 2. The van der Waals surface area contributed by atoms with Crippen LogP contribution in [0.25, 0.3) is 10.2 Å². The van der Waals surface area contributed by atoms with Gasteiger partial charge in [0.05, 0.1) is 33.5 Å². The minimum atomic E-state index is -0.733. The van der Waals surface area contributed by atoms with Gasteiger partial charge in [-0.25, -0.2) is 9.78 Å². The third-order valence-electron chi connectivity index (χ3n) is 4.86. The molecule has 1 heterocycles. The van der Waals surface area contributed by atoms with Crippen molar-refractivity contribution in [2.24, 2.45) is 0 Å². The molecule has 2 amide bonds. The third-order valence-corrected chi connectivity index (χ3v) is 5.89. The molecule has 1 N–H and O–H groups in total. The number of thiazole rings is 1. The summed E-state index contributed by atoms with van der Waals surface area (Å²) in [6.07, 6.45) is 0.461. The summed E-state index contributed by atoms with van der Waals surface area (Å²) in [6, 6.07) is 21.4. The lowest BCUT2D eigenvalue weighted by molar-refractivity contribution is -0.123. The average Bonchev–Trinajstić information content (AvgIpc) is 3.25. The zero-order valence-corrected chi connectivity index (χ0v) is 18.6. The van der Waals surface area contributed by atoms with Crippen LogP contribution in [0.5, 0.6) is 5.75 Å². The van der Waals surface area contributed by atoms with Crippen LogP contribution in [-0.4, -0.2) is 36.5 Å². The molecule has 3 aromatic carbocycles. The summed E-state index contributed by atoms with van der Waals surface area (Å²) in [6.45, 7) is -0.588. The first kappa shape index (κ1) is 22.2. The molecule has 0 radical (unpaired) electrons. The third kappa shape index (κ3) is 5.24. The number of aromatic nitrogens is 1. The van der Waals surface area contributed by atoms with Crippen molar-refractivity contribution in [2.45, 2.75) is 6.42 Å². The summed E-state index contributed by atoms with van der Waals surface area (Å²) in [5.41, 5.74) is 2.21. The van der Waals surface area contributed by atoms with Crippen molar-refractivity contribution in [3.8, 4) is 5.75 Å². The fraction of sp³-hybridized carbons (Fsp3) is 0.120. The van der Waals surface area contributed by atoms with Crippen LogP contribution in [0.2, 0.25) is 0 Å². The minimum absolute atomic E-state index is 0.209. The SMILES string of the molecule is COc1ccccc1C(=O)NC(=O)COC(=O)c1ccccc1Cc1nc2ccccc2s1. The molecule has 1 aromatic heterocycles. The van der Waals surface area contributed by atoms with Gasteiger partial charge in [0.2, 0.25) is 0 Å². The first-order valence-electron chi connectivity index (χ1n) is 10.1. The summed E-state index contributed by atoms with van der Waals surface area (Å²) in [4.78, 5) is 41.8. The molecule has 0 saturated heterocycles. The first-order chi connectivity index (χ1) is 16.0. The Labute approximate surface area is 194 Å². The highest BCUT2D eigenvalue weighted by Crippen LogP contribution is 2.25. The number of nitrogens with zero attached hydrogens (tertiary/aromatic N) is 1. The number of amides is 2. The molecule has 7 nitrogen and oxygen atoms in total. The molecule has 4 aromatic rings. The van der Waals surface area contributed by atoms with Gasteiger partial charge in [0, 0.05) is 6.42 Å². The molecule has 0 spiro atoms. The van der Waals surface area contributed by atoms with Gasteiger partial charge in [-0.05, 0) is 35.9 Å². The van der Waals surface area contributed by atoms with Gasteiger partial charge < -0.3 is 9.47 Å². The number of carbonyl (C=O) groups excluding carboxylic acids is 3. The van der Waals surface area contributed by atoms with Crippen molar-refractivity contribution in [3.63, 3.8) is 0 Å². The summed E-state index contributed by atoms with van der Waals surface area (Å²) < 4.78 is 11.4. The van der Waals surface area contributed by atoms with Crippen LogP contribution in [0.15, 0.2) is 72.8 Å². The maximum Gasteiger partial charge on any atom is 0.338 e. The molecular formula is C25H20N2O5S. The minimum Gasteiger partial charge on any atom is -0.496 e. The predicted molar refractivity (Wildman–Crippen MR) is 125 cm³/mol. The fourth-order valence-corrected chi connectivity index (χ4v) is 4.29. The van der Waals surface area contributed by atoms with Crippen LogP contribution in [0.3, 0.4) is 0 Å². The highest BCUT2D eigenvalue weighted by atomic mass is 32.1. The molecule has 0 fully saturated rings. The number of hydrogen-bond donors (Lipinski definition) is 1. The number of imide groups is 1. The smallest absolute Gasteiger partial charge is 0.338 e. The number of fused-ring (bicyclic) bond motifs is 1. The fourth-order valence-electron chi connectivity index (χ4n) is 3.30. The molecule has 33 heavy (non-hydrogen) atoms. The standard InChI is InChI=1S/C25H20N2O5S/c1-31-20-12-6-4-10-18(20)24(29)27-22(28)15-32-25(30)17-9-3-2-8-16(17)14-23-26-19-11-5-7-13-21(19)33-23/h2-13H,14-15H2,1H3,(H,27,28,29). The maximum atomic E-state index is 12.7. The molecule has 0 saturated carbocycles. The Morgan fingerprint density at radius 3 is 2.39 bits per heavy atom. The molecule has 166 valence electrons. The maximum absolute atomic E-state index is 12.7. The number of carbonyl (C=O) groups is 3. The van der Waals surface area contributed by atoms with Crippen LogP contribution in [0, 0.1) is 0 Å². The van der Waals surface area contributed by atoms with Crippen molar-refractivity contribution in [1.82, 2.24) is 10.3 Å². The molecule has 4 rings (SSSR count). The Morgan fingerprint density at radius 1 is 0.909 bits per heavy atom. The molecule has 0 aliphatic carbocycles. The van der Waals surface area contributed by atoms with E-state index in [1.807, 2.05) is 36.4 Å². The van der Waals surface area contributed by atoms with Crippen molar-refractivity contribution in [2.75, 3.05) is 13.7 Å². The summed E-state index contributed by atoms with van der Waals surface area (Å²) in [5, 5.41) is 3.08. The van der Waals surface area contributed by atoms with Gasteiger partial charge in [0.15, 0.2) is 6.61 Å². The van der Waals surface area contributed by atoms with Gasteiger partial charge in [-0.3, -0.25) is 14.9 Å². The molecule has 0 unspecified atom stereocenters. The number of hydrogen-bond acceptors (Lipinski definition) is 7. The number of methoxy groups -OCH3 is 1. The highest BCUT2D eigenvalue weighted by molar-refractivity contribution is 7.18. The van der Waals surface area contributed by atoms with Crippen LogP contribution in [-0.2, 0) is 16.0 Å². The number of nitrogens with one attached hydrogen (secondary N) is 1. The average molecular weight is 461 g/mol. The van der Waals surface area contributed by atoms with Gasteiger partial charge in [0.25, 0.3) is 11.8 Å². The van der Waals surface area contributed by atoms with Crippen LogP contribution in [0.1, 0.15) is 31.3 Å². The Kier molecular flexibility index (Phi) is 6.75. The normalized spacial score (nSPS) is 10.6.